The highest BCUT2D eigenvalue weighted by Gasteiger charge is 2.09. The van der Waals surface area contributed by atoms with Crippen LogP contribution < -0.4 is 15.4 Å². The first-order chi connectivity index (χ1) is 13.1. The standard InChI is InChI=1S/C20H16ClN3O2S/c21-17-13-16(26-15-8-10-22-11-9-15)6-7-18(17)23-20(27)24-19(25)12-14-4-2-1-3-5-14/h1-11,13H,12H2,(H2,23,24,25,27). The predicted octanol–water partition coefficient (Wildman–Crippen LogP) is 4.58. The van der Waals surface area contributed by atoms with Gasteiger partial charge in [0, 0.05) is 18.5 Å². The quantitative estimate of drug-likeness (QED) is 0.617. The van der Waals surface area contributed by atoms with Gasteiger partial charge in [0.1, 0.15) is 11.5 Å². The minimum atomic E-state index is -0.201. The van der Waals surface area contributed by atoms with Gasteiger partial charge in [0.25, 0.3) is 0 Å². The van der Waals surface area contributed by atoms with E-state index in [1.165, 1.54) is 0 Å². The van der Waals surface area contributed by atoms with E-state index in [-0.39, 0.29) is 17.4 Å². The van der Waals surface area contributed by atoms with Gasteiger partial charge >= 0.3 is 0 Å². The molecule has 0 unspecified atom stereocenters. The lowest BCUT2D eigenvalue weighted by molar-refractivity contribution is -0.119. The van der Waals surface area contributed by atoms with E-state index >= 15 is 0 Å². The fourth-order valence-electron chi connectivity index (χ4n) is 2.31. The minimum Gasteiger partial charge on any atom is -0.457 e. The maximum atomic E-state index is 12.1. The summed E-state index contributed by atoms with van der Waals surface area (Å²) >= 11 is 11.5. The van der Waals surface area contributed by atoms with E-state index in [2.05, 4.69) is 15.6 Å². The first-order valence-corrected chi connectivity index (χ1v) is 8.91. The number of carbonyl (C=O) groups excluding carboxylic acids is 1. The van der Waals surface area contributed by atoms with Crippen LogP contribution in [-0.4, -0.2) is 16.0 Å². The molecule has 1 amide bonds. The van der Waals surface area contributed by atoms with E-state index in [4.69, 9.17) is 28.6 Å². The lowest BCUT2D eigenvalue weighted by Gasteiger charge is -2.12. The van der Waals surface area contributed by atoms with E-state index in [9.17, 15) is 4.79 Å². The number of pyridine rings is 1. The average Bonchev–Trinajstić information content (AvgIpc) is 2.65. The summed E-state index contributed by atoms with van der Waals surface area (Å²) in [6.07, 6.45) is 3.53. The van der Waals surface area contributed by atoms with Crippen LogP contribution in [0.3, 0.4) is 0 Å². The molecule has 0 aliphatic rings. The van der Waals surface area contributed by atoms with Gasteiger partial charge in [-0.1, -0.05) is 41.9 Å². The van der Waals surface area contributed by atoms with Crippen molar-refractivity contribution in [3.05, 3.63) is 83.6 Å². The summed E-state index contributed by atoms with van der Waals surface area (Å²) in [6, 6.07) is 18.1. The molecule has 0 spiro atoms. The Morgan fingerprint density at radius 2 is 1.78 bits per heavy atom. The first kappa shape index (κ1) is 18.8. The smallest absolute Gasteiger partial charge is 0.230 e. The molecule has 3 aromatic rings. The topological polar surface area (TPSA) is 63.2 Å². The maximum Gasteiger partial charge on any atom is 0.230 e. The van der Waals surface area contributed by atoms with Gasteiger partial charge in [0.15, 0.2) is 5.11 Å². The first-order valence-electron chi connectivity index (χ1n) is 8.12. The van der Waals surface area contributed by atoms with Crippen LogP contribution in [0.15, 0.2) is 73.1 Å². The zero-order chi connectivity index (χ0) is 19.1. The molecule has 2 aromatic carbocycles. The van der Waals surface area contributed by atoms with Crippen molar-refractivity contribution in [2.75, 3.05) is 5.32 Å². The van der Waals surface area contributed by atoms with Crippen LogP contribution in [0, 0.1) is 0 Å². The van der Waals surface area contributed by atoms with Crippen molar-refractivity contribution >= 4 is 40.5 Å². The summed E-state index contributed by atoms with van der Waals surface area (Å²) in [5.74, 6) is 1.04. The molecule has 2 N–H and O–H groups in total. The van der Waals surface area contributed by atoms with Gasteiger partial charge in [-0.15, -0.1) is 0 Å². The van der Waals surface area contributed by atoms with E-state index in [0.717, 1.165) is 5.56 Å². The monoisotopic (exact) mass is 397 g/mol. The predicted molar refractivity (Wildman–Crippen MR) is 110 cm³/mol. The number of anilines is 1. The largest absolute Gasteiger partial charge is 0.457 e. The molecule has 0 radical (unpaired) electrons. The summed E-state index contributed by atoms with van der Waals surface area (Å²) in [6.45, 7) is 0. The Bertz CT molecular complexity index is 936. The second-order valence-corrected chi connectivity index (χ2v) is 6.41. The van der Waals surface area contributed by atoms with Gasteiger partial charge in [-0.3, -0.25) is 9.78 Å². The van der Waals surface area contributed by atoms with Gasteiger partial charge in [-0.2, -0.15) is 0 Å². The Morgan fingerprint density at radius 3 is 2.48 bits per heavy atom. The number of halogens is 1. The van der Waals surface area contributed by atoms with Crippen molar-refractivity contribution < 1.29 is 9.53 Å². The van der Waals surface area contributed by atoms with Crippen molar-refractivity contribution in [1.29, 1.82) is 0 Å². The number of benzene rings is 2. The molecule has 1 aromatic heterocycles. The number of ether oxygens (including phenoxy) is 1. The van der Waals surface area contributed by atoms with Crippen LogP contribution in [0.5, 0.6) is 11.5 Å². The van der Waals surface area contributed by atoms with E-state index in [1.54, 1.807) is 42.7 Å². The lowest BCUT2D eigenvalue weighted by atomic mass is 10.1. The Balaban J connectivity index is 1.56. The molecule has 1 heterocycles. The number of nitrogens with one attached hydrogen (secondary N) is 2. The number of thiocarbonyl (C=S) groups is 1. The maximum absolute atomic E-state index is 12.1. The van der Waals surface area contributed by atoms with Crippen molar-refractivity contribution in [3.63, 3.8) is 0 Å². The zero-order valence-electron chi connectivity index (χ0n) is 14.2. The van der Waals surface area contributed by atoms with Gasteiger partial charge in [-0.25, -0.2) is 0 Å². The molecule has 27 heavy (non-hydrogen) atoms. The summed E-state index contributed by atoms with van der Waals surface area (Å²) in [5, 5.41) is 6.16. The number of nitrogens with zero attached hydrogens (tertiary/aromatic N) is 1. The molecule has 0 saturated carbocycles. The van der Waals surface area contributed by atoms with Gasteiger partial charge in [0.05, 0.1) is 17.1 Å². The van der Waals surface area contributed by atoms with Crippen molar-refractivity contribution in [3.8, 4) is 11.5 Å². The van der Waals surface area contributed by atoms with E-state index in [1.807, 2.05) is 30.3 Å². The van der Waals surface area contributed by atoms with Crippen LogP contribution in [0.25, 0.3) is 0 Å². The van der Waals surface area contributed by atoms with Crippen LogP contribution in [0.2, 0.25) is 5.02 Å². The van der Waals surface area contributed by atoms with Crippen molar-refractivity contribution in [2.24, 2.45) is 0 Å². The molecule has 5 nitrogen and oxygen atoms in total. The van der Waals surface area contributed by atoms with Crippen molar-refractivity contribution in [2.45, 2.75) is 6.42 Å². The highest BCUT2D eigenvalue weighted by atomic mass is 35.5. The third-order valence-corrected chi connectivity index (χ3v) is 4.05. The van der Waals surface area contributed by atoms with Crippen LogP contribution >= 0.6 is 23.8 Å². The van der Waals surface area contributed by atoms with Crippen LogP contribution in [0.4, 0.5) is 5.69 Å². The Hall–Kier alpha value is -2.96. The second kappa shape index (κ2) is 9.12. The molecule has 136 valence electrons. The Kier molecular flexibility index (Phi) is 6.35. The molecule has 0 saturated heterocycles. The number of amides is 1. The normalized spacial score (nSPS) is 10.1. The third kappa shape index (κ3) is 5.77. The lowest BCUT2D eigenvalue weighted by Crippen LogP contribution is -2.35. The molecule has 0 fully saturated rings. The summed E-state index contributed by atoms with van der Waals surface area (Å²) < 4.78 is 5.70. The van der Waals surface area contributed by atoms with Crippen LogP contribution in [-0.2, 0) is 11.2 Å². The number of hydrogen-bond acceptors (Lipinski definition) is 4. The summed E-state index contributed by atoms with van der Waals surface area (Å²) in [5.41, 5.74) is 1.48. The summed E-state index contributed by atoms with van der Waals surface area (Å²) in [4.78, 5) is 16.0. The molecular formula is C20H16ClN3O2S. The van der Waals surface area contributed by atoms with Crippen molar-refractivity contribution in [1.82, 2.24) is 10.3 Å². The third-order valence-electron chi connectivity index (χ3n) is 3.53. The Labute approximate surface area is 167 Å². The minimum absolute atomic E-state index is 0.181. The number of carbonyl (C=O) groups is 1. The summed E-state index contributed by atoms with van der Waals surface area (Å²) in [7, 11) is 0. The second-order valence-electron chi connectivity index (χ2n) is 5.59. The average molecular weight is 398 g/mol. The van der Waals surface area contributed by atoms with Gasteiger partial charge < -0.3 is 15.4 Å². The fourth-order valence-corrected chi connectivity index (χ4v) is 2.75. The zero-order valence-corrected chi connectivity index (χ0v) is 15.8. The number of hydrogen-bond donors (Lipinski definition) is 2. The number of aromatic nitrogens is 1. The van der Waals surface area contributed by atoms with E-state index in [0.29, 0.717) is 22.2 Å². The van der Waals surface area contributed by atoms with E-state index < -0.39 is 0 Å². The molecule has 7 heteroatoms. The molecule has 3 rings (SSSR count). The molecule has 0 bridgehead atoms. The van der Waals surface area contributed by atoms with Gasteiger partial charge in [-0.05, 0) is 42.0 Å². The fraction of sp³-hybridized carbons (Fsp3) is 0.0500. The molecule has 0 atom stereocenters. The number of rotatable bonds is 5. The highest BCUT2D eigenvalue weighted by molar-refractivity contribution is 7.80. The molecular weight excluding hydrogens is 382 g/mol. The van der Waals surface area contributed by atoms with Gasteiger partial charge in [0.2, 0.25) is 5.91 Å². The highest BCUT2D eigenvalue weighted by Crippen LogP contribution is 2.29. The SMILES string of the molecule is O=C(Cc1ccccc1)NC(=S)Nc1ccc(Oc2ccncc2)cc1Cl. The Morgan fingerprint density at radius 1 is 1.04 bits per heavy atom. The van der Waals surface area contributed by atoms with Crippen LogP contribution in [0.1, 0.15) is 5.56 Å². The molecule has 0 aliphatic carbocycles. The molecule has 0 aliphatic heterocycles.